The van der Waals surface area contributed by atoms with E-state index in [0.29, 0.717) is 32.1 Å². The number of morpholine rings is 1. The predicted octanol–water partition coefficient (Wildman–Crippen LogP) is 3.01. The second-order valence-electron chi connectivity index (χ2n) is 6.94. The first-order valence-corrected chi connectivity index (χ1v) is 9.08. The third-order valence-corrected chi connectivity index (χ3v) is 4.75. The molecule has 1 saturated heterocycles. The van der Waals surface area contributed by atoms with Crippen molar-refractivity contribution < 1.29 is 9.47 Å². The number of hydrogen-bond donors (Lipinski definition) is 2. The highest BCUT2D eigenvalue weighted by Gasteiger charge is 2.26. The van der Waals surface area contributed by atoms with Crippen molar-refractivity contribution in [3.05, 3.63) is 53.0 Å². The maximum absolute atomic E-state index is 7.70. The molecule has 8 heteroatoms. The van der Waals surface area contributed by atoms with Crippen LogP contribution in [0.2, 0.25) is 0 Å². The molecule has 0 bridgehead atoms. The van der Waals surface area contributed by atoms with E-state index >= 15 is 0 Å². The van der Waals surface area contributed by atoms with Gasteiger partial charge in [0.1, 0.15) is 6.10 Å². The van der Waals surface area contributed by atoms with Crippen molar-refractivity contribution in [1.29, 1.82) is 10.9 Å². The molecular formula is C19H26N6O2. The Balaban J connectivity index is 1.82. The fourth-order valence-electron chi connectivity index (χ4n) is 3.27. The number of anilines is 1. The molecule has 0 amide bonds. The summed E-state index contributed by atoms with van der Waals surface area (Å²) in [6.45, 7) is 8.70. The van der Waals surface area contributed by atoms with E-state index in [-0.39, 0.29) is 17.2 Å². The number of nitrogens with one attached hydrogen (secondary N) is 2. The van der Waals surface area contributed by atoms with Crippen molar-refractivity contribution in [3.63, 3.8) is 0 Å². The Morgan fingerprint density at radius 2 is 2.15 bits per heavy atom. The Morgan fingerprint density at radius 3 is 2.89 bits per heavy atom. The van der Waals surface area contributed by atoms with Crippen LogP contribution in [0.4, 0.5) is 5.82 Å². The van der Waals surface area contributed by atoms with Gasteiger partial charge in [0, 0.05) is 19.7 Å². The van der Waals surface area contributed by atoms with E-state index in [1.807, 2.05) is 13.0 Å². The van der Waals surface area contributed by atoms with Crippen LogP contribution in [0.3, 0.4) is 0 Å². The molecule has 0 aliphatic carbocycles. The molecule has 3 rings (SSSR count). The number of nitrogens with zero attached hydrogens (tertiary/aromatic N) is 4. The van der Waals surface area contributed by atoms with Gasteiger partial charge in [-0.1, -0.05) is 29.5 Å². The molecule has 2 N–H and O–H groups in total. The summed E-state index contributed by atoms with van der Waals surface area (Å²) < 4.78 is 11.9. The van der Waals surface area contributed by atoms with Gasteiger partial charge in [0.25, 0.3) is 0 Å². The SMILES string of the molecule is CCOC(C)(C)c1cccc(C2CN(c3ccc(=N)n(N=N)n3)CCO2)c1. The second-order valence-corrected chi connectivity index (χ2v) is 6.94. The Kier molecular flexibility index (Phi) is 5.67. The molecule has 1 fully saturated rings. The van der Waals surface area contributed by atoms with Gasteiger partial charge >= 0.3 is 0 Å². The van der Waals surface area contributed by atoms with Crippen LogP contribution in [0, 0.1) is 10.9 Å². The lowest BCUT2D eigenvalue weighted by molar-refractivity contribution is -0.0144. The molecule has 144 valence electrons. The molecular weight excluding hydrogens is 344 g/mol. The van der Waals surface area contributed by atoms with E-state index in [1.54, 1.807) is 12.1 Å². The lowest BCUT2D eigenvalue weighted by atomic mass is 9.94. The second kappa shape index (κ2) is 7.98. The third-order valence-electron chi connectivity index (χ3n) is 4.75. The van der Waals surface area contributed by atoms with E-state index in [0.717, 1.165) is 15.9 Å². The van der Waals surface area contributed by atoms with Crippen molar-refractivity contribution in [2.45, 2.75) is 32.5 Å². The molecule has 1 aromatic heterocycles. The minimum Gasteiger partial charge on any atom is -0.371 e. The molecule has 1 aliphatic rings. The quantitative estimate of drug-likeness (QED) is 0.764. The van der Waals surface area contributed by atoms with Crippen molar-refractivity contribution in [2.24, 2.45) is 5.22 Å². The summed E-state index contributed by atoms with van der Waals surface area (Å²) in [6, 6.07) is 11.7. The Labute approximate surface area is 158 Å². The fourth-order valence-corrected chi connectivity index (χ4v) is 3.27. The standard InChI is InChI=1S/C19H26N6O2/c1-4-27-19(2,3)15-7-5-6-14(12-15)16-13-24(10-11-26-16)18-9-8-17(20)25(22-18)23-21/h5-9,12,16,20-21H,4,10-11,13H2,1-3H3. The molecule has 1 aliphatic heterocycles. The third kappa shape index (κ3) is 4.23. The molecule has 2 heterocycles. The molecule has 1 aromatic carbocycles. The van der Waals surface area contributed by atoms with Crippen molar-refractivity contribution in [3.8, 4) is 0 Å². The first-order chi connectivity index (χ1) is 12.9. The minimum atomic E-state index is -0.355. The summed E-state index contributed by atoms with van der Waals surface area (Å²) in [6.07, 6.45) is -0.0880. The van der Waals surface area contributed by atoms with Crippen molar-refractivity contribution in [2.75, 3.05) is 31.2 Å². The van der Waals surface area contributed by atoms with Gasteiger partial charge in [0.2, 0.25) is 0 Å². The zero-order chi connectivity index (χ0) is 19.4. The van der Waals surface area contributed by atoms with E-state index in [4.69, 9.17) is 20.4 Å². The van der Waals surface area contributed by atoms with Gasteiger partial charge in [-0.05, 0) is 44.0 Å². The van der Waals surface area contributed by atoms with Gasteiger partial charge in [-0.3, -0.25) is 5.41 Å². The summed E-state index contributed by atoms with van der Waals surface area (Å²) in [4.78, 5) is 3.10. The van der Waals surface area contributed by atoms with E-state index in [9.17, 15) is 0 Å². The highest BCUT2D eigenvalue weighted by atomic mass is 16.5. The predicted molar refractivity (Wildman–Crippen MR) is 101 cm³/mol. The van der Waals surface area contributed by atoms with Crippen molar-refractivity contribution in [1.82, 2.24) is 9.89 Å². The van der Waals surface area contributed by atoms with Crippen LogP contribution < -0.4 is 10.4 Å². The summed E-state index contributed by atoms with van der Waals surface area (Å²) in [5.41, 5.74) is 9.07. The Bertz CT molecular complexity index is 863. The summed E-state index contributed by atoms with van der Waals surface area (Å²) in [7, 11) is 0. The smallest absolute Gasteiger partial charge is 0.168 e. The maximum Gasteiger partial charge on any atom is 0.168 e. The minimum absolute atomic E-state index is 0.0735. The van der Waals surface area contributed by atoms with Crippen molar-refractivity contribution >= 4 is 5.82 Å². The average molecular weight is 370 g/mol. The average Bonchev–Trinajstić information content (AvgIpc) is 2.68. The van der Waals surface area contributed by atoms with Gasteiger partial charge in [-0.15, -0.1) is 9.89 Å². The monoisotopic (exact) mass is 370 g/mol. The summed E-state index contributed by atoms with van der Waals surface area (Å²) in [5, 5.41) is 15.2. The van der Waals surface area contributed by atoms with Gasteiger partial charge in [0.15, 0.2) is 11.3 Å². The highest BCUT2D eigenvalue weighted by Crippen LogP contribution is 2.30. The molecule has 0 spiro atoms. The summed E-state index contributed by atoms with van der Waals surface area (Å²) >= 11 is 0. The normalized spacial score (nSPS) is 17.7. The first-order valence-electron chi connectivity index (χ1n) is 9.08. The van der Waals surface area contributed by atoms with Crippen LogP contribution in [0.5, 0.6) is 0 Å². The van der Waals surface area contributed by atoms with E-state index in [2.05, 4.69) is 47.3 Å². The van der Waals surface area contributed by atoms with Gasteiger partial charge < -0.3 is 14.4 Å². The molecule has 0 saturated carbocycles. The number of aromatic nitrogens is 2. The number of hydrogen-bond acceptors (Lipinski definition) is 7. The molecule has 8 nitrogen and oxygen atoms in total. The molecule has 0 radical (unpaired) electrons. The highest BCUT2D eigenvalue weighted by molar-refractivity contribution is 5.39. The molecule has 1 atom stereocenters. The largest absolute Gasteiger partial charge is 0.371 e. The van der Waals surface area contributed by atoms with Gasteiger partial charge in [-0.25, -0.2) is 0 Å². The summed E-state index contributed by atoms with van der Waals surface area (Å²) in [5.74, 6) is 0.682. The van der Waals surface area contributed by atoms with E-state index in [1.165, 1.54) is 0 Å². The Hall–Kier alpha value is -2.58. The zero-order valence-corrected chi connectivity index (χ0v) is 16.0. The lowest BCUT2D eigenvalue weighted by Gasteiger charge is -2.34. The molecule has 1 unspecified atom stereocenters. The lowest BCUT2D eigenvalue weighted by Crippen LogP contribution is -2.39. The molecule has 27 heavy (non-hydrogen) atoms. The van der Waals surface area contributed by atoms with Crippen LogP contribution in [-0.2, 0) is 15.1 Å². The van der Waals surface area contributed by atoms with Crippen LogP contribution in [0.1, 0.15) is 38.0 Å². The first kappa shape index (κ1) is 19.2. The van der Waals surface area contributed by atoms with Gasteiger partial charge in [0.05, 0.1) is 12.2 Å². The molecule has 2 aromatic rings. The van der Waals surface area contributed by atoms with Crippen LogP contribution in [-0.4, -0.2) is 36.2 Å². The van der Waals surface area contributed by atoms with Gasteiger partial charge in [-0.2, -0.15) is 5.53 Å². The maximum atomic E-state index is 7.70. The van der Waals surface area contributed by atoms with Crippen LogP contribution >= 0.6 is 0 Å². The van der Waals surface area contributed by atoms with Crippen LogP contribution in [0.15, 0.2) is 41.6 Å². The number of benzene rings is 1. The zero-order valence-electron chi connectivity index (χ0n) is 16.0. The Morgan fingerprint density at radius 1 is 1.33 bits per heavy atom. The number of rotatable bonds is 6. The number of ether oxygens (including phenoxy) is 2. The van der Waals surface area contributed by atoms with Crippen LogP contribution in [0.25, 0.3) is 0 Å². The fraction of sp³-hybridized carbons (Fsp3) is 0.474. The van der Waals surface area contributed by atoms with E-state index < -0.39 is 0 Å². The topological polar surface area (TPSA) is 99.6 Å².